The lowest BCUT2D eigenvalue weighted by Crippen LogP contribution is -2.57. The molecule has 0 N–H and O–H groups in total. The van der Waals surface area contributed by atoms with E-state index in [1.54, 1.807) is 43.3 Å². The van der Waals surface area contributed by atoms with E-state index in [1.807, 2.05) is 7.05 Å². The summed E-state index contributed by atoms with van der Waals surface area (Å²) in [5, 5.41) is 1.76. The normalized spacial score (nSPS) is 19.2. The van der Waals surface area contributed by atoms with Crippen molar-refractivity contribution in [2.75, 3.05) is 47.3 Å². The van der Waals surface area contributed by atoms with Crippen LogP contribution in [0.5, 0.6) is 0 Å². The zero-order valence-corrected chi connectivity index (χ0v) is 24.0. The van der Waals surface area contributed by atoms with Gasteiger partial charge in [0, 0.05) is 74.3 Å². The number of hydrogen-bond acceptors (Lipinski definition) is 8. The maximum Gasteiger partial charge on any atom is 0.282 e. The predicted octanol–water partition coefficient (Wildman–Crippen LogP) is 2.99. The van der Waals surface area contributed by atoms with Crippen LogP contribution in [0.2, 0.25) is 5.02 Å². The summed E-state index contributed by atoms with van der Waals surface area (Å²) in [6, 6.07) is 6.22. The van der Waals surface area contributed by atoms with E-state index in [9.17, 15) is 18.0 Å². The molecule has 0 saturated carbocycles. The molecule has 2 amide bonds. The Kier molecular flexibility index (Phi) is 7.33. The third-order valence-corrected chi connectivity index (χ3v) is 11.6. The quantitative estimate of drug-likeness (QED) is 0.460. The van der Waals surface area contributed by atoms with Crippen LogP contribution in [0.1, 0.15) is 26.8 Å². The number of carbonyl (C=O) groups excluding carboxylic acids is 2. The molecular formula is C24H28ClN5O4S3. The number of fused-ring (bicyclic) bond motifs is 2. The summed E-state index contributed by atoms with van der Waals surface area (Å²) in [5.74, 6) is -0.409. The molecule has 37 heavy (non-hydrogen) atoms. The second-order valence-electron chi connectivity index (χ2n) is 9.64. The van der Waals surface area contributed by atoms with E-state index in [4.69, 9.17) is 11.6 Å². The zero-order valence-electron chi connectivity index (χ0n) is 20.8. The van der Waals surface area contributed by atoms with Crippen molar-refractivity contribution in [1.82, 2.24) is 24.0 Å². The minimum Gasteiger partial charge on any atom is -0.349 e. The molecule has 13 heteroatoms. The van der Waals surface area contributed by atoms with Crippen LogP contribution < -0.4 is 0 Å². The van der Waals surface area contributed by atoms with E-state index in [-0.39, 0.29) is 42.1 Å². The first-order valence-electron chi connectivity index (χ1n) is 11.9. The van der Waals surface area contributed by atoms with Gasteiger partial charge in [0.25, 0.3) is 15.9 Å². The second kappa shape index (κ2) is 10.2. The first-order valence-corrected chi connectivity index (χ1v) is 15.4. The predicted molar refractivity (Wildman–Crippen MR) is 146 cm³/mol. The van der Waals surface area contributed by atoms with Crippen molar-refractivity contribution < 1.29 is 18.0 Å². The molecule has 1 saturated heterocycles. The van der Waals surface area contributed by atoms with Crippen LogP contribution >= 0.6 is 34.3 Å². The fraction of sp³-hybridized carbons (Fsp3) is 0.458. The highest BCUT2D eigenvalue weighted by molar-refractivity contribution is 7.91. The number of likely N-dealkylation sites (N-methyl/N-ethyl adjacent to an activating group) is 1. The van der Waals surface area contributed by atoms with E-state index in [1.165, 1.54) is 20.5 Å². The van der Waals surface area contributed by atoms with Crippen LogP contribution in [0.3, 0.4) is 0 Å². The van der Waals surface area contributed by atoms with E-state index >= 15 is 0 Å². The van der Waals surface area contributed by atoms with Crippen molar-refractivity contribution in [3.63, 3.8) is 0 Å². The van der Waals surface area contributed by atoms with Gasteiger partial charge in [0.05, 0.1) is 11.7 Å². The Morgan fingerprint density at radius 1 is 1.16 bits per heavy atom. The summed E-state index contributed by atoms with van der Waals surface area (Å²) in [5.41, 5.74) is 0.969. The van der Waals surface area contributed by atoms with Gasteiger partial charge in [0.1, 0.15) is 4.21 Å². The minimum absolute atomic E-state index is 0.0219. The Bertz CT molecular complexity index is 1470. The number of nitrogens with zero attached hydrogens (tertiary/aromatic N) is 5. The van der Waals surface area contributed by atoms with Gasteiger partial charge in [-0.3, -0.25) is 9.59 Å². The van der Waals surface area contributed by atoms with E-state index in [2.05, 4.69) is 9.88 Å². The number of aromatic nitrogens is 1. The number of piperazine rings is 1. The topological polar surface area (TPSA) is 94.1 Å². The number of thiophene rings is 1. The standard InChI is InChI=1S/C24H28ClN5O4S3/c1-27(2)21(31)12-17-13-29(24(32)23-26-18-6-7-28(3)14-20(18)36-23)8-9-30(17)37(33,34)22-10-15-4-5-16(25)11-19(15)35-22/h4-5,10-11,17H,6-9,12-14H2,1-3H3. The van der Waals surface area contributed by atoms with Gasteiger partial charge in [0.2, 0.25) is 5.91 Å². The molecule has 1 atom stereocenters. The first kappa shape index (κ1) is 26.5. The fourth-order valence-corrected chi connectivity index (χ4v) is 9.23. The Morgan fingerprint density at radius 3 is 2.70 bits per heavy atom. The average molecular weight is 582 g/mol. The molecule has 198 valence electrons. The number of hydrogen-bond donors (Lipinski definition) is 0. The Morgan fingerprint density at radius 2 is 1.95 bits per heavy atom. The highest BCUT2D eigenvalue weighted by Crippen LogP contribution is 2.35. The molecule has 0 aliphatic carbocycles. The first-order chi connectivity index (χ1) is 17.5. The van der Waals surface area contributed by atoms with Crippen LogP contribution in [-0.4, -0.2) is 97.6 Å². The number of rotatable bonds is 5. The van der Waals surface area contributed by atoms with Crippen LogP contribution in [0.15, 0.2) is 28.5 Å². The highest BCUT2D eigenvalue weighted by atomic mass is 35.5. The SMILES string of the molecule is CN1CCc2nc(C(=O)N3CCN(S(=O)(=O)c4cc5ccc(Cl)cc5s4)C(CC(=O)N(C)C)C3)sc2C1. The van der Waals surface area contributed by atoms with E-state index < -0.39 is 16.1 Å². The van der Waals surface area contributed by atoms with Crippen LogP contribution in [-0.2, 0) is 27.8 Å². The van der Waals surface area contributed by atoms with Crippen LogP contribution in [0, 0.1) is 0 Å². The number of amides is 2. The van der Waals surface area contributed by atoms with Gasteiger partial charge in [0.15, 0.2) is 5.01 Å². The van der Waals surface area contributed by atoms with Crippen molar-refractivity contribution in [3.8, 4) is 0 Å². The van der Waals surface area contributed by atoms with Gasteiger partial charge in [-0.05, 0) is 30.6 Å². The molecular weight excluding hydrogens is 554 g/mol. The molecule has 2 aliphatic rings. The van der Waals surface area contributed by atoms with Crippen molar-refractivity contribution in [2.45, 2.75) is 29.6 Å². The summed E-state index contributed by atoms with van der Waals surface area (Å²) >= 11 is 8.66. The molecule has 1 unspecified atom stereocenters. The number of thiazole rings is 1. The van der Waals surface area contributed by atoms with Crippen molar-refractivity contribution in [3.05, 3.63) is 44.9 Å². The summed E-state index contributed by atoms with van der Waals surface area (Å²) in [6.07, 6.45) is 0.786. The van der Waals surface area contributed by atoms with Crippen molar-refractivity contribution in [1.29, 1.82) is 0 Å². The van der Waals surface area contributed by atoms with Gasteiger partial charge in [-0.15, -0.1) is 22.7 Å². The molecule has 5 rings (SSSR count). The maximum atomic E-state index is 13.8. The summed E-state index contributed by atoms with van der Waals surface area (Å²) in [4.78, 5) is 37.1. The molecule has 0 spiro atoms. The zero-order chi connectivity index (χ0) is 26.5. The Balaban J connectivity index is 1.41. The third kappa shape index (κ3) is 5.27. The lowest BCUT2D eigenvalue weighted by atomic mass is 10.1. The van der Waals surface area contributed by atoms with Gasteiger partial charge >= 0.3 is 0 Å². The molecule has 9 nitrogen and oxygen atoms in total. The molecule has 2 aliphatic heterocycles. The molecule has 0 bridgehead atoms. The Hall–Kier alpha value is -2.09. The number of sulfonamides is 1. The van der Waals surface area contributed by atoms with Crippen LogP contribution in [0.4, 0.5) is 0 Å². The van der Waals surface area contributed by atoms with Gasteiger partial charge in [-0.25, -0.2) is 13.4 Å². The smallest absolute Gasteiger partial charge is 0.282 e. The monoisotopic (exact) mass is 581 g/mol. The maximum absolute atomic E-state index is 13.8. The molecule has 2 aromatic heterocycles. The molecule has 4 heterocycles. The summed E-state index contributed by atoms with van der Waals surface area (Å²) in [6.45, 7) is 2.12. The van der Waals surface area contributed by atoms with Gasteiger partial charge < -0.3 is 14.7 Å². The minimum atomic E-state index is -3.90. The number of halogens is 1. The van der Waals surface area contributed by atoms with E-state index in [0.717, 1.165) is 51.5 Å². The van der Waals surface area contributed by atoms with Gasteiger partial charge in [-0.1, -0.05) is 17.7 Å². The van der Waals surface area contributed by atoms with E-state index in [0.29, 0.717) is 10.0 Å². The fourth-order valence-electron chi connectivity index (χ4n) is 4.66. The third-order valence-electron chi connectivity index (χ3n) is 6.75. The number of carbonyl (C=O) groups is 2. The second-order valence-corrected chi connectivity index (χ2v) is 14.4. The highest BCUT2D eigenvalue weighted by Gasteiger charge is 2.40. The van der Waals surface area contributed by atoms with Crippen molar-refractivity contribution >= 4 is 66.2 Å². The molecule has 0 radical (unpaired) electrons. The molecule has 3 aromatic rings. The molecule has 1 aromatic carbocycles. The summed E-state index contributed by atoms with van der Waals surface area (Å²) in [7, 11) is 1.42. The van der Waals surface area contributed by atoms with Crippen molar-refractivity contribution in [2.24, 2.45) is 0 Å². The number of benzene rings is 1. The lowest BCUT2D eigenvalue weighted by molar-refractivity contribution is -0.129. The average Bonchev–Trinajstić information content (AvgIpc) is 3.47. The largest absolute Gasteiger partial charge is 0.349 e. The lowest BCUT2D eigenvalue weighted by Gasteiger charge is -2.40. The summed E-state index contributed by atoms with van der Waals surface area (Å²) < 4.78 is 29.9. The molecule has 1 fully saturated rings. The van der Waals surface area contributed by atoms with Crippen LogP contribution in [0.25, 0.3) is 10.1 Å². The van der Waals surface area contributed by atoms with Gasteiger partial charge in [-0.2, -0.15) is 4.31 Å². The Labute approximate surface area is 229 Å².